The lowest BCUT2D eigenvalue weighted by atomic mass is 9.89. The van der Waals surface area contributed by atoms with Gasteiger partial charge < -0.3 is 0 Å². The van der Waals surface area contributed by atoms with Crippen LogP contribution in [-0.2, 0) is 24.3 Å². The highest BCUT2D eigenvalue weighted by molar-refractivity contribution is 5.34. The molecule has 0 aromatic heterocycles. The summed E-state index contributed by atoms with van der Waals surface area (Å²) >= 11 is 0. The van der Waals surface area contributed by atoms with Gasteiger partial charge in [0.1, 0.15) is 0 Å². The van der Waals surface area contributed by atoms with Crippen molar-refractivity contribution >= 4 is 0 Å². The lowest BCUT2D eigenvalue weighted by molar-refractivity contribution is 0.00696. The Morgan fingerprint density at radius 2 is 1.76 bits per heavy atom. The van der Waals surface area contributed by atoms with Gasteiger partial charge in [0.25, 0.3) is 0 Å². The van der Waals surface area contributed by atoms with Crippen LogP contribution < -0.4 is 5.48 Å². The molecule has 1 atom stereocenters. The van der Waals surface area contributed by atoms with E-state index in [1.54, 1.807) is 0 Å². The van der Waals surface area contributed by atoms with E-state index in [-0.39, 0.29) is 6.04 Å². The summed E-state index contributed by atoms with van der Waals surface area (Å²) < 4.78 is 0. The predicted molar refractivity (Wildman–Crippen MR) is 85.9 cm³/mol. The Hall–Kier alpha value is -1.64. The Bertz CT molecular complexity index is 579. The van der Waals surface area contributed by atoms with E-state index in [2.05, 4.69) is 42.7 Å². The molecule has 0 aliphatic heterocycles. The quantitative estimate of drug-likeness (QED) is 0.823. The fraction of sp³-hybridized carbons (Fsp3) is 0.368. The molecule has 110 valence electrons. The van der Waals surface area contributed by atoms with Crippen molar-refractivity contribution in [3.8, 4) is 0 Å². The zero-order valence-electron chi connectivity index (χ0n) is 12.6. The molecule has 0 spiro atoms. The largest absolute Gasteiger partial charge is 0.296 e. The first-order valence-electron chi connectivity index (χ1n) is 7.86. The van der Waals surface area contributed by atoms with Crippen LogP contribution in [0.25, 0.3) is 0 Å². The van der Waals surface area contributed by atoms with Crippen LogP contribution in [0, 0.1) is 0 Å². The summed E-state index contributed by atoms with van der Waals surface area (Å²) in [6, 6.07) is 17.3. The molecule has 3 rings (SSSR count). The molecule has 1 aliphatic carbocycles. The molecule has 1 unspecified atom stereocenters. The van der Waals surface area contributed by atoms with Gasteiger partial charge in [0, 0.05) is 0 Å². The fourth-order valence-corrected chi connectivity index (χ4v) is 2.91. The number of hydrogen-bond acceptors (Lipinski definition) is 2. The molecule has 0 saturated carbocycles. The average molecular weight is 281 g/mol. The summed E-state index contributed by atoms with van der Waals surface area (Å²) in [5, 5.41) is 0. The molecule has 0 fully saturated rings. The first-order chi connectivity index (χ1) is 10.3. The Morgan fingerprint density at radius 3 is 2.57 bits per heavy atom. The van der Waals surface area contributed by atoms with Crippen LogP contribution in [0.4, 0.5) is 0 Å². The molecule has 1 aliphatic rings. The molecule has 2 nitrogen and oxygen atoms in total. The van der Waals surface area contributed by atoms with Crippen molar-refractivity contribution in [3.05, 3.63) is 70.8 Å². The maximum Gasteiger partial charge on any atom is 0.0933 e. The molecule has 2 aromatic rings. The Kier molecular flexibility index (Phi) is 4.69. The van der Waals surface area contributed by atoms with Gasteiger partial charge in [0.05, 0.1) is 12.6 Å². The van der Waals surface area contributed by atoms with Crippen LogP contribution in [0.5, 0.6) is 0 Å². The molecule has 0 saturated heterocycles. The number of hydrogen-bond donors (Lipinski definition) is 1. The van der Waals surface area contributed by atoms with Crippen LogP contribution in [0.1, 0.15) is 48.1 Å². The Balaban J connectivity index is 1.56. The van der Waals surface area contributed by atoms with Crippen LogP contribution in [0.3, 0.4) is 0 Å². The third-order valence-corrected chi connectivity index (χ3v) is 4.21. The summed E-state index contributed by atoms with van der Waals surface area (Å²) in [6.45, 7) is 2.74. The van der Waals surface area contributed by atoms with Crippen molar-refractivity contribution in [2.75, 3.05) is 0 Å². The number of rotatable bonds is 5. The highest BCUT2D eigenvalue weighted by Gasteiger charge is 2.12. The minimum atomic E-state index is 0.209. The normalized spacial score (nSPS) is 15.5. The van der Waals surface area contributed by atoms with Gasteiger partial charge in [-0.15, -0.1) is 0 Å². The second-order valence-corrected chi connectivity index (χ2v) is 5.85. The molecule has 21 heavy (non-hydrogen) atoms. The zero-order chi connectivity index (χ0) is 14.5. The molecular weight excluding hydrogens is 258 g/mol. The van der Waals surface area contributed by atoms with Crippen molar-refractivity contribution in [1.29, 1.82) is 0 Å². The molecular formula is C19H23NO. The van der Waals surface area contributed by atoms with Gasteiger partial charge in [-0.25, -0.2) is 0 Å². The van der Waals surface area contributed by atoms with Gasteiger partial charge in [-0.3, -0.25) is 4.84 Å². The Labute approximate surface area is 127 Å². The standard InChI is InChI=1S/C19H23NO/c1-15(20-21-14-16-7-3-2-4-8-16)18-12-11-17-9-5-6-10-19(17)13-18/h2-4,7-8,11-13,15,20H,5-6,9-10,14H2,1H3. The summed E-state index contributed by atoms with van der Waals surface area (Å²) in [4.78, 5) is 5.63. The van der Waals surface area contributed by atoms with E-state index >= 15 is 0 Å². The van der Waals surface area contributed by atoms with Gasteiger partial charge in [-0.05, 0) is 54.9 Å². The minimum absolute atomic E-state index is 0.209. The first kappa shape index (κ1) is 14.3. The number of benzene rings is 2. The van der Waals surface area contributed by atoms with E-state index < -0.39 is 0 Å². The van der Waals surface area contributed by atoms with Crippen molar-refractivity contribution in [2.45, 2.75) is 45.3 Å². The Morgan fingerprint density at radius 1 is 1.00 bits per heavy atom. The molecule has 0 radical (unpaired) electrons. The smallest absolute Gasteiger partial charge is 0.0933 e. The highest BCUT2D eigenvalue weighted by Crippen LogP contribution is 2.24. The van der Waals surface area contributed by atoms with Gasteiger partial charge in [0.2, 0.25) is 0 Å². The van der Waals surface area contributed by atoms with E-state index in [1.807, 2.05) is 18.2 Å². The molecule has 2 aromatic carbocycles. The second kappa shape index (κ2) is 6.88. The van der Waals surface area contributed by atoms with Crippen molar-refractivity contribution in [1.82, 2.24) is 5.48 Å². The number of nitrogens with one attached hydrogen (secondary N) is 1. The van der Waals surface area contributed by atoms with Crippen LogP contribution in [0.15, 0.2) is 48.5 Å². The molecule has 0 amide bonds. The summed E-state index contributed by atoms with van der Waals surface area (Å²) in [5.74, 6) is 0. The fourth-order valence-electron chi connectivity index (χ4n) is 2.91. The van der Waals surface area contributed by atoms with Crippen molar-refractivity contribution in [3.63, 3.8) is 0 Å². The van der Waals surface area contributed by atoms with Crippen LogP contribution in [-0.4, -0.2) is 0 Å². The van der Waals surface area contributed by atoms with E-state index in [9.17, 15) is 0 Å². The van der Waals surface area contributed by atoms with Gasteiger partial charge >= 0.3 is 0 Å². The lowest BCUT2D eigenvalue weighted by Crippen LogP contribution is -2.19. The number of aryl methyl sites for hydroxylation is 2. The molecule has 1 N–H and O–H groups in total. The van der Waals surface area contributed by atoms with Crippen molar-refractivity contribution in [2.24, 2.45) is 0 Å². The monoisotopic (exact) mass is 281 g/mol. The third kappa shape index (κ3) is 3.72. The first-order valence-corrected chi connectivity index (χ1v) is 7.86. The topological polar surface area (TPSA) is 21.3 Å². The SMILES string of the molecule is CC(NOCc1ccccc1)c1ccc2c(c1)CCCC2. The number of fused-ring (bicyclic) bond motifs is 1. The van der Waals surface area contributed by atoms with Crippen LogP contribution >= 0.6 is 0 Å². The summed E-state index contributed by atoms with van der Waals surface area (Å²) in [7, 11) is 0. The van der Waals surface area contributed by atoms with Gasteiger partial charge in [-0.1, -0.05) is 48.5 Å². The minimum Gasteiger partial charge on any atom is -0.296 e. The summed E-state index contributed by atoms with van der Waals surface area (Å²) in [5.41, 5.74) is 8.70. The maximum absolute atomic E-state index is 5.63. The van der Waals surface area contributed by atoms with Crippen LogP contribution in [0.2, 0.25) is 0 Å². The zero-order valence-corrected chi connectivity index (χ0v) is 12.6. The third-order valence-electron chi connectivity index (χ3n) is 4.21. The highest BCUT2D eigenvalue weighted by atomic mass is 16.6. The van der Waals surface area contributed by atoms with E-state index in [0.717, 1.165) is 0 Å². The molecule has 0 heterocycles. The van der Waals surface area contributed by atoms with Crippen molar-refractivity contribution < 1.29 is 4.84 Å². The second-order valence-electron chi connectivity index (χ2n) is 5.85. The molecule has 0 bridgehead atoms. The maximum atomic E-state index is 5.63. The van der Waals surface area contributed by atoms with Gasteiger partial charge in [-0.2, -0.15) is 5.48 Å². The van der Waals surface area contributed by atoms with E-state index in [1.165, 1.54) is 47.9 Å². The van der Waals surface area contributed by atoms with E-state index in [4.69, 9.17) is 4.84 Å². The number of hydroxylamine groups is 1. The van der Waals surface area contributed by atoms with Gasteiger partial charge in [0.15, 0.2) is 0 Å². The predicted octanol–water partition coefficient (Wildman–Crippen LogP) is 4.35. The molecule has 2 heteroatoms. The lowest BCUT2D eigenvalue weighted by Gasteiger charge is -2.20. The average Bonchev–Trinajstić information content (AvgIpc) is 2.55. The van der Waals surface area contributed by atoms with E-state index in [0.29, 0.717) is 6.61 Å². The summed E-state index contributed by atoms with van der Waals surface area (Å²) in [6.07, 6.45) is 5.12.